The number of hydrogen-bond donors (Lipinski definition) is 1. The highest BCUT2D eigenvalue weighted by Crippen LogP contribution is 2.54. The van der Waals surface area contributed by atoms with Gasteiger partial charge in [-0.15, -0.1) is 0 Å². The number of rotatable bonds is 3. The van der Waals surface area contributed by atoms with Gasteiger partial charge in [-0.2, -0.15) is 0 Å². The van der Waals surface area contributed by atoms with Gasteiger partial charge in [0, 0.05) is 24.2 Å². The van der Waals surface area contributed by atoms with E-state index in [0.717, 1.165) is 24.6 Å². The minimum absolute atomic E-state index is 0.00718. The summed E-state index contributed by atoms with van der Waals surface area (Å²) >= 11 is 0. The van der Waals surface area contributed by atoms with E-state index in [1.165, 1.54) is 55.4 Å². The van der Waals surface area contributed by atoms with Crippen molar-refractivity contribution in [1.82, 2.24) is 5.32 Å². The van der Waals surface area contributed by atoms with Crippen molar-refractivity contribution in [3.63, 3.8) is 0 Å². The van der Waals surface area contributed by atoms with E-state index >= 15 is 0 Å². The largest absolute Gasteiger partial charge is 0.315 e. The van der Waals surface area contributed by atoms with Crippen molar-refractivity contribution >= 4 is 11.6 Å². The summed E-state index contributed by atoms with van der Waals surface area (Å²) in [5.74, 6) is 0.419. The molecule has 0 aromatic heterocycles. The fourth-order valence-electron chi connectivity index (χ4n) is 6.21. The molecule has 0 unspecified atom stereocenters. The maximum absolute atomic E-state index is 13.5. The van der Waals surface area contributed by atoms with Gasteiger partial charge >= 0.3 is 0 Å². The van der Waals surface area contributed by atoms with E-state index in [1.54, 1.807) is 11.0 Å². The normalized spacial score (nSPS) is 27.7. The van der Waals surface area contributed by atoms with E-state index < -0.39 is 0 Å². The molecule has 2 aromatic carbocycles. The molecule has 0 radical (unpaired) electrons. The third kappa shape index (κ3) is 3.18. The van der Waals surface area contributed by atoms with Crippen LogP contribution < -0.4 is 10.2 Å². The molecule has 3 atom stereocenters. The highest BCUT2D eigenvalue weighted by molar-refractivity contribution is 5.94. The summed E-state index contributed by atoms with van der Waals surface area (Å²) in [5.41, 5.74) is 4.90. The number of nitrogens with one attached hydrogen (secondary N) is 1. The Hall–Kier alpha value is -2.20. The second-order valence-electron chi connectivity index (χ2n) is 9.12. The standard InChI is InChI=1S/C25H29FN2O/c1-28(24(29)14-17-5-4-6-19(26)13-17)20-9-8-18-15-23-21-7-2-3-10-25(21,11-12-27-23)22(18)16-20/h4-6,8-9,13,16,21,23,27H,2-3,7,10-12,14-15H2,1H3/t21-,23+,25+/m0/s1. The lowest BCUT2D eigenvalue weighted by atomic mass is 9.53. The van der Waals surface area contributed by atoms with Gasteiger partial charge in [0.25, 0.3) is 0 Å². The van der Waals surface area contributed by atoms with Gasteiger partial charge in [0.05, 0.1) is 6.42 Å². The molecule has 1 heterocycles. The van der Waals surface area contributed by atoms with E-state index in [1.807, 2.05) is 13.1 Å². The molecule has 1 N–H and O–H groups in total. The van der Waals surface area contributed by atoms with Gasteiger partial charge in [0.2, 0.25) is 5.91 Å². The van der Waals surface area contributed by atoms with Crippen molar-refractivity contribution in [2.24, 2.45) is 5.92 Å². The van der Waals surface area contributed by atoms with Gasteiger partial charge < -0.3 is 10.2 Å². The fourth-order valence-corrected chi connectivity index (χ4v) is 6.21. The Morgan fingerprint density at radius 1 is 1.21 bits per heavy atom. The van der Waals surface area contributed by atoms with Crippen LogP contribution in [-0.2, 0) is 23.1 Å². The first kappa shape index (κ1) is 18.8. The lowest BCUT2D eigenvalue weighted by Crippen LogP contribution is -2.59. The molecule has 1 aliphatic heterocycles. The minimum atomic E-state index is -0.297. The summed E-state index contributed by atoms with van der Waals surface area (Å²) in [6.45, 7) is 1.10. The predicted octanol–water partition coefficient (Wildman–Crippen LogP) is 4.38. The van der Waals surface area contributed by atoms with E-state index in [4.69, 9.17) is 0 Å². The van der Waals surface area contributed by atoms with Gasteiger partial charge in [-0.05, 0) is 79.1 Å². The molecule has 1 amide bonds. The number of anilines is 1. The number of amides is 1. The minimum Gasteiger partial charge on any atom is -0.315 e. The van der Waals surface area contributed by atoms with Gasteiger partial charge in [-0.25, -0.2) is 4.39 Å². The smallest absolute Gasteiger partial charge is 0.231 e. The average molecular weight is 393 g/mol. The number of hydrogen-bond acceptors (Lipinski definition) is 2. The maximum atomic E-state index is 13.5. The summed E-state index contributed by atoms with van der Waals surface area (Å²) < 4.78 is 13.5. The first-order valence-electron chi connectivity index (χ1n) is 10.9. The Morgan fingerprint density at radius 3 is 2.97 bits per heavy atom. The lowest BCUT2D eigenvalue weighted by Gasteiger charge is -2.56. The zero-order valence-electron chi connectivity index (χ0n) is 17.1. The van der Waals surface area contributed by atoms with Crippen LogP contribution >= 0.6 is 0 Å². The number of carbonyl (C=O) groups is 1. The maximum Gasteiger partial charge on any atom is 0.231 e. The summed E-state index contributed by atoms with van der Waals surface area (Å²) in [5, 5.41) is 3.78. The number of nitrogens with zero attached hydrogens (tertiary/aromatic N) is 1. The Labute approximate surface area is 172 Å². The fraction of sp³-hybridized carbons (Fsp3) is 0.480. The van der Waals surface area contributed by atoms with E-state index in [2.05, 4.69) is 23.5 Å². The molecule has 152 valence electrons. The topological polar surface area (TPSA) is 32.3 Å². The van der Waals surface area contributed by atoms with E-state index in [0.29, 0.717) is 11.6 Å². The van der Waals surface area contributed by atoms with Crippen molar-refractivity contribution in [1.29, 1.82) is 0 Å². The average Bonchev–Trinajstić information content (AvgIpc) is 2.73. The molecule has 5 rings (SSSR count). The van der Waals surface area contributed by atoms with Crippen molar-refractivity contribution in [2.75, 3.05) is 18.5 Å². The van der Waals surface area contributed by atoms with Crippen LogP contribution in [0.2, 0.25) is 0 Å². The summed E-state index contributed by atoms with van der Waals surface area (Å²) in [6, 6.07) is 13.5. The van der Waals surface area contributed by atoms with Crippen LogP contribution in [0.25, 0.3) is 0 Å². The summed E-state index contributed by atoms with van der Waals surface area (Å²) in [7, 11) is 1.84. The highest BCUT2D eigenvalue weighted by Gasteiger charge is 2.51. The Kier molecular flexibility index (Phi) is 4.70. The molecule has 1 saturated carbocycles. The summed E-state index contributed by atoms with van der Waals surface area (Å²) in [6.07, 6.45) is 7.75. The molecule has 0 spiro atoms. The Bertz CT molecular complexity index is 938. The van der Waals surface area contributed by atoms with Crippen LogP contribution in [0.15, 0.2) is 42.5 Å². The molecule has 2 aliphatic carbocycles. The van der Waals surface area contributed by atoms with Crippen LogP contribution in [-0.4, -0.2) is 25.5 Å². The molecule has 1 saturated heterocycles. The van der Waals surface area contributed by atoms with Crippen LogP contribution in [0.5, 0.6) is 0 Å². The number of piperidine rings is 1. The van der Waals surface area contributed by atoms with E-state index in [-0.39, 0.29) is 23.6 Å². The third-order valence-electron chi connectivity index (χ3n) is 7.64. The number of carbonyl (C=O) groups excluding carboxylic acids is 1. The molecule has 2 bridgehead atoms. The van der Waals surface area contributed by atoms with Gasteiger partial charge in [0.15, 0.2) is 0 Å². The van der Waals surface area contributed by atoms with Crippen molar-refractivity contribution in [2.45, 2.75) is 56.4 Å². The second kappa shape index (κ2) is 7.24. The van der Waals surface area contributed by atoms with Gasteiger partial charge in [0.1, 0.15) is 5.82 Å². The number of halogens is 1. The number of benzene rings is 2. The van der Waals surface area contributed by atoms with Crippen LogP contribution in [0.3, 0.4) is 0 Å². The zero-order chi connectivity index (χ0) is 20.0. The Balaban J connectivity index is 1.45. The SMILES string of the molecule is CN(C(=O)Cc1cccc(F)c1)c1ccc2c(c1)[C@@]13CCCC[C@H]1[C@@H](C2)NCC3. The molecule has 2 aromatic rings. The predicted molar refractivity (Wildman–Crippen MR) is 114 cm³/mol. The van der Waals surface area contributed by atoms with Crippen LogP contribution in [0, 0.1) is 11.7 Å². The van der Waals surface area contributed by atoms with Crippen LogP contribution in [0.4, 0.5) is 10.1 Å². The first-order chi connectivity index (χ1) is 14.1. The van der Waals surface area contributed by atoms with Gasteiger partial charge in [-0.1, -0.05) is 31.0 Å². The quantitative estimate of drug-likeness (QED) is 0.841. The van der Waals surface area contributed by atoms with Crippen LogP contribution in [0.1, 0.15) is 48.8 Å². The van der Waals surface area contributed by atoms with Crippen molar-refractivity contribution < 1.29 is 9.18 Å². The molecular formula is C25H29FN2O. The third-order valence-corrected chi connectivity index (χ3v) is 7.64. The van der Waals surface area contributed by atoms with E-state index in [9.17, 15) is 9.18 Å². The number of likely N-dealkylation sites (N-methyl/N-ethyl adjacent to an activating group) is 1. The Morgan fingerprint density at radius 2 is 2.10 bits per heavy atom. The molecule has 4 heteroatoms. The lowest BCUT2D eigenvalue weighted by molar-refractivity contribution is -0.117. The zero-order valence-corrected chi connectivity index (χ0v) is 17.1. The summed E-state index contributed by atoms with van der Waals surface area (Å²) in [4.78, 5) is 14.6. The molecular weight excluding hydrogens is 363 g/mol. The highest BCUT2D eigenvalue weighted by atomic mass is 19.1. The molecule has 2 fully saturated rings. The molecule has 3 aliphatic rings. The van der Waals surface area contributed by atoms with Crippen molar-refractivity contribution in [3.8, 4) is 0 Å². The molecule has 3 nitrogen and oxygen atoms in total. The number of fused-ring (bicyclic) bond motifs is 1. The van der Waals surface area contributed by atoms with Crippen molar-refractivity contribution in [3.05, 3.63) is 65.0 Å². The monoisotopic (exact) mass is 392 g/mol. The molecule has 29 heavy (non-hydrogen) atoms. The van der Waals surface area contributed by atoms with Gasteiger partial charge in [-0.3, -0.25) is 4.79 Å². The second-order valence-corrected chi connectivity index (χ2v) is 9.12. The first-order valence-corrected chi connectivity index (χ1v) is 10.9.